The summed E-state index contributed by atoms with van der Waals surface area (Å²) in [5.74, 6) is 0.652. The molecule has 0 amide bonds. The van der Waals surface area contributed by atoms with E-state index in [-0.39, 0.29) is 5.28 Å². The van der Waals surface area contributed by atoms with E-state index in [9.17, 15) is 0 Å². The Morgan fingerprint density at radius 3 is 2.21 bits per heavy atom. The molecule has 1 aliphatic rings. The summed E-state index contributed by atoms with van der Waals surface area (Å²) in [6, 6.07) is 0.391. The van der Waals surface area contributed by atoms with Gasteiger partial charge in [0.15, 0.2) is 14.0 Å². The molecule has 2 aromatic rings. The molecule has 5 nitrogen and oxygen atoms in total. The van der Waals surface area contributed by atoms with Crippen molar-refractivity contribution in [3.8, 4) is 0 Å². The molecule has 0 saturated heterocycles. The van der Waals surface area contributed by atoms with Crippen molar-refractivity contribution in [1.29, 1.82) is 0 Å². The molecule has 0 aromatic carbocycles. The number of nitrogens with zero attached hydrogens (tertiary/aromatic N) is 4. The summed E-state index contributed by atoms with van der Waals surface area (Å²) in [5, 5.41) is 5.81. The van der Waals surface area contributed by atoms with E-state index in [1.165, 1.54) is 12.8 Å². The van der Waals surface area contributed by atoms with Gasteiger partial charge < -0.3 is 4.43 Å². The molecule has 1 saturated carbocycles. The highest BCUT2D eigenvalue weighted by molar-refractivity contribution is 6.77. The lowest BCUT2D eigenvalue weighted by Crippen LogP contribution is -2.48. The van der Waals surface area contributed by atoms with Gasteiger partial charge in [0.1, 0.15) is 0 Å². The van der Waals surface area contributed by atoms with Gasteiger partial charge >= 0.3 is 0 Å². The van der Waals surface area contributed by atoms with Crippen LogP contribution in [0, 0.1) is 5.92 Å². The topological polar surface area (TPSA) is 52.8 Å². The van der Waals surface area contributed by atoms with Crippen molar-refractivity contribution in [2.24, 2.45) is 5.92 Å². The molecule has 0 unspecified atom stereocenters. The largest absolute Gasteiger partial charge is 0.416 e. The van der Waals surface area contributed by atoms with E-state index < -0.39 is 8.32 Å². The highest BCUT2D eigenvalue weighted by Gasteiger charge is 2.45. The van der Waals surface area contributed by atoms with Crippen LogP contribution in [-0.4, -0.2) is 34.7 Å². The van der Waals surface area contributed by atoms with Gasteiger partial charge in [0.25, 0.3) is 0 Å². The average Bonchev–Trinajstić information content (AvgIpc) is 3.05. The van der Waals surface area contributed by atoms with Crippen LogP contribution in [0.1, 0.15) is 73.3 Å². The second-order valence-corrected chi connectivity index (χ2v) is 15.1. The van der Waals surface area contributed by atoms with E-state index in [0.29, 0.717) is 28.6 Å². The lowest BCUT2D eigenvalue weighted by atomic mass is 9.87. The van der Waals surface area contributed by atoms with E-state index in [2.05, 4.69) is 61.3 Å². The molecule has 3 rings (SSSR count). The quantitative estimate of drug-likeness (QED) is 0.382. The third kappa shape index (κ3) is 4.14. The van der Waals surface area contributed by atoms with Gasteiger partial charge in [0, 0.05) is 12.8 Å². The second kappa shape index (κ2) is 8.80. The zero-order valence-corrected chi connectivity index (χ0v) is 19.9. The Balaban J connectivity index is 1.63. The molecule has 2 aromatic heterocycles. The Morgan fingerprint density at radius 1 is 1.04 bits per heavy atom. The van der Waals surface area contributed by atoms with Crippen molar-refractivity contribution < 1.29 is 4.43 Å². The Labute approximate surface area is 175 Å². The van der Waals surface area contributed by atoms with Crippen LogP contribution in [0.3, 0.4) is 0 Å². The SMILES string of the molecule is CC(C)[Si](OC[C@H]1CC[C@H](n2ncc3cnc(Cl)nc32)CC1)(C(C)C)C(C)C. The van der Waals surface area contributed by atoms with Gasteiger partial charge in [0.05, 0.1) is 17.6 Å². The van der Waals surface area contributed by atoms with Gasteiger partial charge in [-0.05, 0) is 59.8 Å². The zero-order valence-electron chi connectivity index (χ0n) is 18.2. The summed E-state index contributed by atoms with van der Waals surface area (Å²) in [6.45, 7) is 15.1. The second-order valence-electron chi connectivity index (χ2n) is 9.31. The molecule has 1 aliphatic carbocycles. The number of fused-ring (bicyclic) bond motifs is 1. The summed E-state index contributed by atoms with van der Waals surface area (Å²) >= 11 is 5.99. The fourth-order valence-electron chi connectivity index (χ4n) is 5.40. The van der Waals surface area contributed by atoms with Gasteiger partial charge in [-0.2, -0.15) is 10.1 Å². The van der Waals surface area contributed by atoms with Gasteiger partial charge in [0.2, 0.25) is 5.28 Å². The van der Waals surface area contributed by atoms with E-state index in [0.717, 1.165) is 30.5 Å². The normalized spacial score (nSPS) is 21.4. The third-order valence-electron chi connectivity index (χ3n) is 6.74. The number of aromatic nitrogens is 4. The summed E-state index contributed by atoms with van der Waals surface area (Å²) in [5.41, 5.74) is 2.78. The van der Waals surface area contributed by atoms with E-state index in [4.69, 9.17) is 16.0 Å². The fraction of sp³-hybridized carbons (Fsp3) is 0.762. The van der Waals surface area contributed by atoms with Crippen LogP contribution in [0.5, 0.6) is 0 Å². The summed E-state index contributed by atoms with van der Waals surface area (Å²) in [6.07, 6.45) is 8.20. The van der Waals surface area contributed by atoms with Gasteiger partial charge in [-0.25, -0.2) is 9.67 Å². The van der Waals surface area contributed by atoms with Crippen LogP contribution in [0.25, 0.3) is 11.0 Å². The maximum Gasteiger partial charge on any atom is 0.224 e. The summed E-state index contributed by atoms with van der Waals surface area (Å²) in [4.78, 5) is 8.45. The van der Waals surface area contributed by atoms with Crippen molar-refractivity contribution in [3.05, 3.63) is 17.7 Å². The van der Waals surface area contributed by atoms with Crippen LogP contribution in [0.2, 0.25) is 21.9 Å². The Bertz CT molecular complexity index is 762. The first kappa shape index (κ1) is 21.7. The number of hydrogen-bond donors (Lipinski definition) is 0. The molecular formula is C21H35ClN4OSi. The lowest BCUT2D eigenvalue weighted by Gasteiger charge is -2.43. The maximum absolute atomic E-state index is 6.84. The Hall–Kier alpha value is -0.983. The monoisotopic (exact) mass is 422 g/mol. The zero-order chi connectivity index (χ0) is 20.5. The Kier molecular flexibility index (Phi) is 6.83. The Morgan fingerprint density at radius 2 is 1.64 bits per heavy atom. The molecule has 1 fully saturated rings. The molecule has 156 valence electrons. The molecule has 7 heteroatoms. The standard InChI is InChI=1S/C21H35ClN4OSi/c1-14(2)28(15(3)4,16(5)6)27-13-17-7-9-19(10-8-17)26-20-18(12-24-26)11-23-21(22)25-20/h11-12,14-17,19H,7-10,13H2,1-6H3/t17-,19-. The van der Waals surface area contributed by atoms with E-state index in [1.807, 2.05) is 6.20 Å². The minimum atomic E-state index is -1.77. The van der Waals surface area contributed by atoms with Crippen LogP contribution in [-0.2, 0) is 4.43 Å². The highest BCUT2D eigenvalue weighted by Crippen LogP contribution is 2.43. The minimum Gasteiger partial charge on any atom is -0.416 e. The van der Waals surface area contributed by atoms with Gasteiger partial charge in [-0.1, -0.05) is 41.5 Å². The molecule has 2 heterocycles. The molecule has 0 N–H and O–H groups in total. The maximum atomic E-state index is 6.84. The fourth-order valence-corrected chi connectivity index (χ4v) is 11.1. The van der Waals surface area contributed by atoms with Crippen LogP contribution < -0.4 is 0 Å². The van der Waals surface area contributed by atoms with Gasteiger partial charge in [-0.15, -0.1) is 0 Å². The summed E-state index contributed by atoms with van der Waals surface area (Å²) < 4.78 is 8.89. The number of halogens is 1. The third-order valence-corrected chi connectivity index (χ3v) is 13.0. The number of hydrogen-bond acceptors (Lipinski definition) is 4. The first-order valence-corrected chi connectivity index (χ1v) is 13.3. The van der Waals surface area contributed by atoms with Crippen LogP contribution in [0.4, 0.5) is 0 Å². The highest BCUT2D eigenvalue weighted by atomic mass is 35.5. The minimum absolute atomic E-state index is 0.286. The van der Waals surface area contributed by atoms with Crippen molar-refractivity contribution in [1.82, 2.24) is 19.7 Å². The lowest BCUT2D eigenvalue weighted by molar-refractivity contribution is 0.165. The van der Waals surface area contributed by atoms with Gasteiger partial charge in [-0.3, -0.25) is 0 Å². The van der Waals surface area contributed by atoms with Crippen LogP contribution >= 0.6 is 11.6 Å². The predicted molar refractivity (Wildman–Crippen MR) is 118 cm³/mol. The van der Waals surface area contributed by atoms with Crippen molar-refractivity contribution in [3.63, 3.8) is 0 Å². The first-order chi connectivity index (χ1) is 13.3. The van der Waals surface area contributed by atoms with Crippen molar-refractivity contribution >= 4 is 31.0 Å². The van der Waals surface area contributed by atoms with E-state index in [1.54, 1.807) is 6.20 Å². The molecule has 0 radical (unpaired) electrons. The van der Waals surface area contributed by atoms with E-state index >= 15 is 0 Å². The van der Waals surface area contributed by atoms with Crippen molar-refractivity contribution in [2.75, 3.05) is 6.61 Å². The van der Waals surface area contributed by atoms with Crippen molar-refractivity contribution in [2.45, 2.75) is 89.9 Å². The molecule has 0 bridgehead atoms. The molecule has 28 heavy (non-hydrogen) atoms. The first-order valence-electron chi connectivity index (χ1n) is 10.7. The molecule has 0 atom stereocenters. The number of rotatable bonds is 7. The predicted octanol–water partition coefficient (Wildman–Crippen LogP) is 6.40. The molecule has 0 spiro atoms. The average molecular weight is 423 g/mol. The smallest absolute Gasteiger partial charge is 0.224 e. The summed E-state index contributed by atoms with van der Waals surface area (Å²) in [7, 11) is -1.77. The molecular weight excluding hydrogens is 388 g/mol. The van der Waals surface area contributed by atoms with Crippen LogP contribution in [0.15, 0.2) is 12.4 Å². The molecule has 0 aliphatic heterocycles.